The normalized spacial score (nSPS) is 13.2. The van der Waals surface area contributed by atoms with E-state index >= 15 is 0 Å². The number of halogens is 1. The van der Waals surface area contributed by atoms with Crippen molar-refractivity contribution in [1.82, 2.24) is 19.9 Å². The number of pyridine rings is 2. The molecule has 2 atom stereocenters. The molecule has 4 N–H and O–H groups in total. The molecule has 5 rings (SSSR count). The lowest BCUT2D eigenvalue weighted by atomic mass is 9.97. The van der Waals surface area contributed by atoms with Gasteiger partial charge in [-0.2, -0.15) is 4.39 Å². The third kappa shape index (κ3) is 4.31. The van der Waals surface area contributed by atoms with Crippen LogP contribution in [0.2, 0.25) is 0 Å². The molecule has 0 aliphatic rings. The molecule has 0 saturated carbocycles. The van der Waals surface area contributed by atoms with Crippen LogP contribution in [-0.2, 0) is 6.42 Å². The summed E-state index contributed by atoms with van der Waals surface area (Å²) < 4.78 is 14.4. The van der Waals surface area contributed by atoms with Gasteiger partial charge in [-0.1, -0.05) is 30.3 Å². The smallest absolute Gasteiger partial charge is 0.212 e. The average molecular weight is 471 g/mol. The fourth-order valence-electron chi connectivity index (χ4n) is 4.04. The van der Waals surface area contributed by atoms with Gasteiger partial charge in [-0.3, -0.25) is 4.98 Å². The van der Waals surface area contributed by atoms with Crippen LogP contribution < -0.4 is 11.5 Å². The van der Waals surface area contributed by atoms with Gasteiger partial charge in [0.05, 0.1) is 22.0 Å². The Labute approximate surface area is 200 Å². The van der Waals surface area contributed by atoms with Crippen LogP contribution in [0.1, 0.15) is 22.2 Å². The average Bonchev–Trinajstić information content (AvgIpc) is 3.20. The van der Waals surface area contributed by atoms with Crippen LogP contribution in [0.25, 0.3) is 32.7 Å². The fourth-order valence-corrected chi connectivity index (χ4v) is 5.20. The van der Waals surface area contributed by atoms with Gasteiger partial charge in [0.2, 0.25) is 5.95 Å². The molecule has 0 bridgehead atoms. The number of thiophene rings is 1. The summed E-state index contributed by atoms with van der Waals surface area (Å²) in [5.74, 6) is 0.0176. The van der Waals surface area contributed by atoms with Gasteiger partial charge in [0.1, 0.15) is 0 Å². The highest BCUT2D eigenvalue weighted by atomic mass is 32.1. The van der Waals surface area contributed by atoms with Crippen molar-refractivity contribution >= 4 is 21.6 Å². The first-order chi connectivity index (χ1) is 16.5. The summed E-state index contributed by atoms with van der Waals surface area (Å²) in [4.78, 5) is 18.8. The van der Waals surface area contributed by atoms with Gasteiger partial charge in [0.25, 0.3) is 0 Å². The Morgan fingerprint density at radius 3 is 2.41 bits per heavy atom. The number of nitrogens with zero attached hydrogens (tertiary/aromatic N) is 4. The first kappa shape index (κ1) is 22.2. The summed E-state index contributed by atoms with van der Waals surface area (Å²) in [6.07, 6.45) is 5.55. The quantitative estimate of drug-likeness (QED) is 0.345. The van der Waals surface area contributed by atoms with Crippen LogP contribution in [0.15, 0.2) is 73.2 Å². The largest absolute Gasteiger partial charge is 0.326 e. The molecule has 0 aliphatic carbocycles. The minimum absolute atomic E-state index is 0.343. The zero-order valence-electron chi connectivity index (χ0n) is 18.5. The molecule has 4 heterocycles. The van der Waals surface area contributed by atoms with Crippen LogP contribution in [0.3, 0.4) is 0 Å². The maximum absolute atomic E-state index is 13.5. The summed E-state index contributed by atoms with van der Waals surface area (Å²) in [6, 6.07) is 16.0. The zero-order chi connectivity index (χ0) is 23.7. The number of nitrogens with two attached hydrogens (primary N) is 2. The number of aromatic nitrogens is 4. The van der Waals surface area contributed by atoms with Crippen molar-refractivity contribution in [2.75, 3.05) is 0 Å². The first-order valence-electron chi connectivity index (χ1n) is 10.9. The third-order valence-corrected chi connectivity index (χ3v) is 6.90. The van der Waals surface area contributed by atoms with Gasteiger partial charge in [-0.05, 0) is 43.2 Å². The highest BCUT2D eigenvalue weighted by molar-refractivity contribution is 7.19. The molecular weight excluding hydrogens is 447 g/mol. The molecule has 0 amide bonds. The number of hydrogen-bond donors (Lipinski definition) is 2. The maximum Gasteiger partial charge on any atom is 0.212 e. The van der Waals surface area contributed by atoms with Crippen LogP contribution in [0.4, 0.5) is 4.39 Å². The van der Waals surface area contributed by atoms with Crippen LogP contribution in [-0.4, -0.2) is 26.0 Å². The number of aryl methyl sites for hydroxylation is 1. The van der Waals surface area contributed by atoms with Gasteiger partial charge in [0, 0.05) is 46.2 Å². The lowest BCUT2D eigenvalue weighted by Gasteiger charge is -2.21. The van der Waals surface area contributed by atoms with Gasteiger partial charge >= 0.3 is 0 Å². The third-order valence-electron chi connectivity index (χ3n) is 5.78. The zero-order valence-corrected chi connectivity index (χ0v) is 19.3. The molecule has 0 spiro atoms. The Bertz CT molecular complexity index is 1420. The van der Waals surface area contributed by atoms with Crippen molar-refractivity contribution in [3.8, 4) is 22.5 Å². The molecule has 8 heteroatoms. The van der Waals surface area contributed by atoms with Crippen molar-refractivity contribution in [2.45, 2.75) is 25.4 Å². The summed E-state index contributed by atoms with van der Waals surface area (Å²) >= 11 is 1.57. The van der Waals surface area contributed by atoms with E-state index in [0.717, 1.165) is 37.3 Å². The topological polar surface area (TPSA) is 104 Å². The Hall–Kier alpha value is -3.59. The van der Waals surface area contributed by atoms with E-state index in [1.54, 1.807) is 29.8 Å². The van der Waals surface area contributed by atoms with Crippen molar-refractivity contribution < 1.29 is 4.39 Å². The predicted octanol–water partition coefficient (Wildman–Crippen LogP) is 4.83. The second kappa shape index (κ2) is 9.34. The van der Waals surface area contributed by atoms with Crippen molar-refractivity contribution in [2.24, 2.45) is 11.5 Å². The molecule has 5 aromatic rings. The van der Waals surface area contributed by atoms with Gasteiger partial charge in [0.15, 0.2) is 5.82 Å². The van der Waals surface area contributed by atoms with E-state index in [0.29, 0.717) is 17.9 Å². The van der Waals surface area contributed by atoms with Crippen LogP contribution in [0, 0.1) is 12.9 Å². The van der Waals surface area contributed by atoms with Gasteiger partial charge < -0.3 is 11.5 Å². The second-order valence-corrected chi connectivity index (χ2v) is 9.35. The molecule has 6 nitrogen and oxygen atoms in total. The monoisotopic (exact) mass is 470 g/mol. The summed E-state index contributed by atoms with van der Waals surface area (Å²) in [5, 5.41) is 0. The van der Waals surface area contributed by atoms with E-state index in [9.17, 15) is 4.39 Å². The summed E-state index contributed by atoms with van der Waals surface area (Å²) in [6.45, 7) is 2.01. The van der Waals surface area contributed by atoms with E-state index in [1.807, 2.05) is 49.4 Å². The SMILES string of the molecule is Cc1sc2c(C(N)C(N)Cc3ccccc3)nc(-c3ccncc3)nc2c1-c1ccc(F)nc1. The fraction of sp³-hybridized carbons (Fsp3) is 0.154. The number of benzene rings is 1. The Balaban J connectivity index is 1.67. The molecule has 34 heavy (non-hydrogen) atoms. The molecule has 0 radical (unpaired) electrons. The molecule has 170 valence electrons. The lowest BCUT2D eigenvalue weighted by Crippen LogP contribution is -2.36. The lowest BCUT2D eigenvalue weighted by molar-refractivity contribution is 0.537. The second-order valence-electron chi connectivity index (χ2n) is 8.13. The Morgan fingerprint density at radius 2 is 1.71 bits per heavy atom. The highest BCUT2D eigenvalue weighted by Gasteiger charge is 2.25. The minimum atomic E-state index is -0.525. The van der Waals surface area contributed by atoms with E-state index in [-0.39, 0.29) is 6.04 Å². The van der Waals surface area contributed by atoms with Crippen molar-refractivity contribution in [3.63, 3.8) is 0 Å². The molecule has 0 fully saturated rings. The Morgan fingerprint density at radius 1 is 0.941 bits per heavy atom. The maximum atomic E-state index is 13.5. The number of hydrogen-bond acceptors (Lipinski definition) is 7. The molecule has 0 aliphatic heterocycles. The molecule has 2 unspecified atom stereocenters. The van der Waals surface area contributed by atoms with Crippen molar-refractivity contribution in [1.29, 1.82) is 0 Å². The predicted molar refractivity (Wildman–Crippen MR) is 134 cm³/mol. The van der Waals surface area contributed by atoms with Gasteiger partial charge in [-0.15, -0.1) is 11.3 Å². The van der Waals surface area contributed by atoms with E-state index < -0.39 is 12.0 Å². The molecule has 0 saturated heterocycles. The van der Waals surface area contributed by atoms with Gasteiger partial charge in [-0.25, -0.2) is 15.0 Å². The van der Waals surface area contributed by atoms with E-state index in [4.69, 9.17) is 21.4 Å². The first-order valence-corrected chi connectivity index (χ1v) is 11.7. The van der Waals surface area contributed by atoms with E-state index in [1.165, 1.54) is 12.3 Å². The van der Waals surface area contributed by atoms with Crippen LogP contribution >= 0.6 is 11.3 Å². The standard InChI is InChI=1S/C26H23FN6S/c1-15-21(18-7-8-20(27)31-14-18)23-25(34-15)24(33-26(32-23)17-9-11-30-12-10-17)22(29)19(28)13-16-5-3-2-4-6-16/h2-12,14,19,22H,13,28-29H2,1H3. The van der Waals surface area contributed by atoms with Crippen molar-refractivity contribution in [3.05, 3.63) is 95.3 Å². The molecule has 4 aromatic heterocycles. The number of fused-ring (bicyclic) bond motifs is 1. The molecule has 1 aromatic carbocycles. The summed E-state index contributed by atoms with van der Waals surface area (Å²) in [7, 11) is 0. The summed E-state index contributed by atoms with van der Waals surface area (Å²) in [5.41, 5.74) is 18.4. The molecular formula is C26H23FN6S. The number of rotatable bonds is 6. The minimum Gasteiger partial charge on any atom is -0.326 e. The Kier molecular flexibility index (Phi) is 6.10. The highest BCUT2D eigenvalue weighted by Crippen LogP contribution is 2.40. The van der Waals surface area contributed by atoms with Crippen LogP contribution in [0.5, 0.6) is 0 Å². The van der Waals surface area contributed by atoms with E-state index in [2.05, 4.69) is 9.97 Å².